The Morgan fingerprint density at radius 3 is 2.73 bits per heavy atom. The van der Waals surface area contributed by atoms with Crippen molar-refractivity contribution in [1.82, 2.24) is 10.6 Å². The minimum atomic E-state index is -4.38. The molecule has 0 radical (unpaired) electrons. The molecule has 2 fully saturated rings. The van der Waals surface area contributed by atoms with E-state index in [2.05, 4.69) is 10.6 Å². The molecule has 0 aromatic heterocycles. The fraction of sp³-hybridized carbons (Fsp3) is 0.632. The van der Waals surface area contributed by atoms with Gasteiger partial charge in [-0.05, 0) is 43.9 Å². The number of hydrogen-bond donors (Lipinski definition) is 2. The molecule has 2 saturated heterocycles. The number of rotatable bonds is 5. The Morgan fingerprint density at radius 1 is 1.31 bits per heavy atom. The number of carbonyl (C=O) groups is 1. The first kappa shape index (κ1) is 19.2. The fourth-order valence-corrected chi connectivity index (χ4v) is 3.85. The van der Waals surface area contributed by atoms with Gasteiger partial charge in [0.2, 0.25) is 5.91 Å². The van der Waals surface area contributed by atoms with Gasteiger partial charge in [0.05, 0.1) is 5.56 Å². The molecule has 26 heavy (non-hydrogen) atoms. The first-order valence-electron chi connectivity index (χ1n) is 9.15. The molecule has 2 heterocycles. The highest BCUT2D eigenvalue weighted by molar-refractivity contribution is 5.76. The molecule has 0 aliphatic carbocycles. The molecule has 1 amide bonds. The van der Waals surface area contributed by atoms with Crippen LogP contribution in [0.1, 0.15) is 43.2 Å². The van der Waals surface area contributed by atoms with Gasteiger partial charge in [0.1, 0.15) is 0 Å². The van der Waals surface area contributed by atoms with Gasteiger partial charge in [0.15, 0.2) is 0 Å². The van der Waals surface area contributed by atoms with E-state index in [0.717, 1.165) is 25.5 Å². The Kier molecular flexibility index (Phi) is 5.87. The number of ether oxygens (including phenoxy) is 1. The van der Waals surface area contributed by atoms with Crippen LogP contribution >= 0.6 is 0 Å². The van der Waals surface area contributed by atoms with Crippen LogP contribution in [0.4, 0.5) is 13.2 Å². The Balaban J connectivity index is 1.73. The first-order chi connectivity index (χ1) is 12.4. The summed E-state index contributed by atoms with van der Waals surface area (Å²) in [4.78, 5) is 12.3. The van der Waals surface area contributed by atoms with Crippen molar-refractivity contribution in [1.29, 1.82) is 0 Å². The summed E-state index contributed by atoms with van der Waals surface area (Å²) in [7, 11) is 0. The number of alkyl halides is 3. The van der Waals surface area contributed by atoms with E-state index in [1.165, 1.54) is 12.1 Å². The number of hydrogen-bond acceptors (Lipinski definition) is 3. The number of amides is 1. The first-order valence-corrected chi connectivity index (χ1v) is 9.15. The van der Waals surface area contributed by atoms with Gasteiger partial charge in [-0.25, -0.2) is 0 Å². The van der Waals surface area contributed by atoms with Gasteiger partial charge in [-0.2, -0.15) is 13.2 Å². The van der Waals surface area contributed by atoms with Crippen molar-refractivity contribution < 1.29 is 22.7 Å². The molecule has 1 unspecified atom stereocenters. The molecule has 2 aliphatic rings. The molecular formula is C19H25F3N2O2. The average molecular weight is 370 g/mol. The number of nitrogens with one attached hydrogen (secondary N) is 2. The second-order valence-corrected chi connectivity index (χ2v) is 7.25. The van der Waals surface area contributed by atoms with E-state index >= 15 is 0 Å². The fourth-order valence-electron chi connectivity index (χ4n) is 3.85. The number of carbonyl (C=O) groups excluding carboxylic acids is 1. The van der Waals surface area contributed by atoms with E-state index in [-0.39, 0.29) is 11.9 Å². The van der Waals surface area contributed by atoms with Crippen molar-refractivity contribution in [2.45, 2.75) is 49.7 Å². The third-order valence-electron chi connectivity index (χ3n) is 5.47. The normalized spacial score (nSPS) is 23.0. The SMILES string of the molecule is O=C(CC1CCCN1)NCC1(c2cccc(C(F)(F)F)c2)CCOCC1. The minimum Gasteiger partial charge on any atom is -0.381 e. The molecule has 2 aliphatic heterocycles. The zero-order valence-electron chi connectivity index (χ0n) is 14.7. The third kappa shape index (κ3) is 4.57. The zero-order chi connectivity index (χ0) is 18.6. The van der Waals surface area contributed by atoms with E-state index in [0.29, 0.717) is 44.6 Å². The lowest BCUT2D eigenvalue weighted by molar-refractivity contribution is -0.137. The average Bonchev–Trinajstić information content (AvgIpc) is 3.13. The second-order valence-electron chi connectivity index (χ2n) is 7.25. The lowest BCUT2D eigenvalue weighted by Gasteiger charge is -2.38. The summed E-state index contributed by atoms with van der Waals surface area (Å²) in [5, 5.41) is 6.25. The van der Waals surface area contributed by atoms with Crippen molar-refractivity contribution in [3.8, 4) is 0 Å². The van der Waals surface area contributed by atoms with E-state index in [4.69, 9.17) is 4.74 Å². The Hall–Kier alpha value is -1.60. The van der Waals surface area contributed by atoms with Crippen LogP contribution in [0.3, 0.4) is 0 Å². The van der Waals surface area contributed by atoms with Crippen LogP contribution in [0.25, 0.3) is 0 Å². The van der Waals surface area contributed by atoms with Crippen molar-refractivity contribution >= 4 is 5.91 Å². The van der Waals surface area contributed by atoms with Gasteiger partial charge in [-0.1, -0.05) is 18.2 Å². The van der Waals surface area contributed by atoms with Gasteiger partial charge in [-0.15, -0.1) is 0 Å². The van der Waals surface area contributed by atoms with Gasteiger partial charge in [0, 0.05) is 37.6 Å². The van der Waals surface area contributed by atoms with Crippen LogP contribution < -0.4 is 10.6 Å². The largest absolute Gasteiger partial charge is 0.416 e. The van der Waals surface area contributed by atoms with Crippen LogP contribution in [0, 0.1) is 0 Å². The summed E-state index contributed by atoms with van der Waals surface area (Å²) in [6.07, 6.45) is -0.717. The molecule has 1 atom stereocenters. The van der Waals surface area contributed by atoms with Gasteiger partial charge in [-0.3, -0.25) is 4.79 Å². The maximum absolute atomic E-state index is 13.1. The summed E-state index contributed by atoms with van der Waals surface area (Å²) >= 11 is 0. The maximum Gasteiger partial charge on any atom is 0.416 e. The summed E-state index contributed by atoms with van der Waals surface area (Å²) in [5.41, 5.74) is -0.546. The van der Waals surface area contributed by atoms with Crippen molar-refractivity contribution in [3.05, 3.63) is 35.4 Å². The van der Waals surface area contributed by atoms with Gasteiger partial charge < -0.3 is 15.4 Å². The van der Waals surface area contributed by atoms with E-state index < -0.39 is 17.2 Å². The molecule has 1 aromatic rings. The smallest absolute Gasteiger partial charge is 0.381 e. The summed E-state index contributed by atoms with van der Waals surface area (Å²) in [6.45, 7) is 2.24. The monoisotopic (exact) mass is 370 g/mol. The van der Waals surface area contributed by atoms with Crippen molar-refractivity contribution in [2.75, 3.05) is 26.3 Å². The lowest BCUT2D eigenvalue weighted by Crippen LogP contribution is -2.45. The van der Waals surface area contributed by atoms with Crippen molar-refractivity contribution in [2.24, 2.45) is 0 Å². The third-order valence-corrected chi connectivity index (χ3v) is 5.47. The molecule has 7 heteroatoms. The minimum absolute atomic E-state index is 0.0535. The van der Waals surface area contributed by atoms with E-state index in [9.17, 15) is 18.0 Å². The molecule has 0 bridgehead atoms. The van der Waals surface area contributed by atoms with Crippen LogP contribution in [0.2, 0.25) is 0 Å². The molecule has 0 spiro atoms. The Labute approximate surface area is 151 Å². The standard InChI is InChI=1S/C19H25F3N2O2/c20-19(21,22)15-4-1-3-14(11-15)18(6-9-26-10-7-18)13-24-17(25)12-16-5-2-8-23-16/h1,3-4,11,16,23H,2,5-10,12-13H2,(H,24,25). The maximum atomic E-state index is 13.1. The van der Waals surface area contributed by atoms with Gasteiger partial charge in [0.25, 0.3) is 0 Å². The summed E-state index contributed by atoms with van der Waals surface area (Å²) < 4.78 is 44.7. The molecule has 4 nitrogen and oxygen atoms in total. The van der Waals surface area contributed by atoms with Crippen LogP contribution in [0.15, 0.2) is 24.3 Å². The molecule has 3 rings (SSSR count). The predicted molar refractivity (Wildman–Crippen MR) is 91.8 cm³/mol. The highest BCUT2D eigenvalue weighted by Crippen LogP contribution is 2.37. The molecule has 0 saturated carbocycles. The molecule has 1 aromatic carbocycles. The summed E-state index contributed by atoms with van der Waals surface area (Å²) in [5.74, 6) is -0.0535. The van der Waals surface area contributed by atoms with Gasteiger partial charge >= 0.3 is 6.18 Å². The van der Waals surface area contributed by atoms with E-state index in [1.54, 1.807) is 6.07 Å². The Morgan fingerprint density at radius 2 is 2.08 bits per heavy atom. The quantitative estimate of drug-likeness (QED) is 0.838. The lowest BCUT2D eigenvalue weighted by atomic mass is 9.73. The molecule has 144 valence electrons. The molecule has 2 N–H and O–H groups in total. The number of benzene rings is 1. The second kappa shape index (κ2) is 7.96. The highest BCUT2D eigenvalue weighted by atomic mass is 19.4. The zero-order valence-corrected chi connectivity index (χ0v) is 14.7. The van der Waals surface area contributed by atoms with Crippen LogP contribution in [-0.4, -0.2) is 38.3 Å². The summed E-state index contributed by atoms with van der Waals surface area (Å²) in [6, 6.07) is 5.68. The molecular weight excluding hydrogens is 345 g/mol. The van der Waals surface area contributed by atoms with Crippen LogP contribution in [-0.2, 0) is 21.1 Å². The number of halogens is 3. The van der Waals surface area contributed by atoms with Crippen molar-refractivity contribution in [3.63, 3.8) is 0 Å². The van der Waals surface area contributed by atoms with Crippen LogP contribution in [0.5, 0.6) is 0 Å². The predicted octanol–water partition coefficient (Wildman–Crippen LogP) is 3.01. The Bertz CT molecular complexity index is 621. The van der Waals surface area contributed by atoms with E-state index in [1.807, 2.05) is 0 Å². The highest BCUT2D eigenvalue weighted by Gasteiger charge is 2.37. The topological polar surface area (TPSA) is 50.4 Å².